The average Bonchev–Trinajstić information content (AvgIpc) is 2.82. The fraction of sp³-hybridized carbons (Fsp3) is 0.250. The third-order valence-electron chi connectivity index (χ3n) is 3.70. The molecule has 3 rings (SSSR count). The molecule has 2 aromatic rings. The number of hydrogen-bond donors (Lipinski definition) is 1. The molecule has 110 valence electrons. The minimum Gasteiger partial charge on any atom is -0.380 e. The van der Waals surface area contributed by atoms with Crippen molar-refractivity contribution in [1.29, 1.82) is 0 Å². The van der Waals surface area contributed by atoms with Gasteiger partial charge in [0.1, 0.15) is 0 Å². The highest BCUT2D eigenvalue weighted by atomic mass is 35.5. The van der Waals surface area contributed by atoms with Gasteiger partial charge in [-0.1, -0.05) is 35.9 Å². The molecule has 0 atom stereocenters. The van der Waals surface area contributed by atoms with Crippen molar-refractivity contribution in [3.8, 4) is 0 Å². The minimum absolute atomic E-state index is 0.0726. The zero-order valence-electron chi connectivity index (χ0n) is 11.0. The Morgan fingerprint density at radius 3 is 2.19 bits per heavy atom. The van der Waals surface area contributed by atoms with Crippen LogP contribution in [0.4, 0.5) is 18.9 Å². The summed E-state index contributed by atoms with van der Waals surface area (Å²) in [5, 5.41) is 3.44. The lowest BCUT2D eigenvalue weighted by atomic mass is 10.1. The van der Waals surface area contributed by atoms with Crippen LogP contribution in [0, 0.1) is 0 Å². The highest BCUT2D eigenvalue weighted by Gasteiger charge is 2.31. The molecule has 0 heterocycles. The van der Waals surface area contributed by atoms with E-state index in [-0.39, 0.29) is 6.04 Å². The summed E-state index contributed by atoms with van der Waals surface area (Å²) in [6.45, 7) is 0. The van der Waals surface area contributed by atoms with E-state index in [9.17, 15) is 13.2 Å². The zero-order valence-corrected chi connectivity index (χ0v) is 11.8. The molecule has 0 spiro atoms. The summed E-state index contributed by atoms with van der Waals surface area (Å²) >= 11 is 6.01. The van der Waals surface area contributed by atoms with Crippen LogP contribution in [0.1, 0.15) is 16.7 Å². The van der Waals surface area contributed by atoms with Gasteiger partial charge in [-0.3, -0.25) is 0 Å². The number of nitrogens with one attached hydrogen (secondary N) is 1. The van der Waals surface area contributed by atoms with Gasteiger partial charge in [0.2, 0.25) is 0 Å². The second kappa shape index (κ2) is 5.26. The summed E-state index contributed by atoms with van der Waals surface area (Å²) in [6, 6.07) is 11.5. The maximum Gasteiger partial charge on any atom is 0.416 e. The first-order valence-corrected chi connectivity index (χ1v) is 7.01. The average molecular weight is 312 g/mol. The van der Waals surface area contributed by atoms with E-state index >= 15 is 0 Å². The van der Waals surface area contributed by atoms with Gasteiger partial charge in [0.25, 0.3) is 0 Å². The second-order valence-corrected chi connectivity index (χ2v) is 5.62. The molecule has 1 N–H and O–H groups in total. The van der Waals surface area contributed by atoms with Crippen LogP contribution in [0.15, 0.2) is 42.5 Å². The Kier molecular flexibility index (Phi) is 3.57. The van der Waals surface area contributed by atoms with E-state index in [2.05, 4.69) is 5.32 Å². The van der Waals surface area contributed by atoms with Gasteiger partial charge in [-0.05, 0) is 42.2 Å². The Labute approximate surface area is 125 Å². The van der Waals surface area contributed by atoms with Crippen LogP contribution >= 0.6 is 11.6 Å². The summed E-state index contributed by atoms with van der Waals surface area (Å²) in [5.74, 6) is 0. The van der Waals surface area contributed by atoms with Crippen LogP contribution in [0.5, 0.6) is 0 Å². The molecule has 0 bridgehead atoms. The zero-order chi connectivity index (χ0) is 15.0. The molecule has 1 aliphatic rings. The van der Waals surface area contributed by atoms with E-state index in [1.165, 1.54) is 17.2 Å². The van der Waals surface area contributed by atoms with Gasteiger partial charge < -0.3 is 5.32 Å². The lowest BCUT2D eigenvalue weighted by Gasteiger charge is -2.17. The molecule has 2 aromatic carbocycles. The Bertz CT molecular complexity index is 642. The number of rotatable bonds is 2. The van der Waals surface area contributed by atoms with Crippen LogP contribution in [-0.2, 0) is 19.0 Å². The van der Waals surface area contributed by atoms with Gasteiger partial charge >= 0.3 is 6.18 Å². The lowest BCUT2D eigenvalue weighted by Crippen LogP contribution is -2.20. The highest BCUT2D eigenvalue weighted by Crippen LogP contribution is 2.35. The van der Waals surface area contributed by atoms with Crippen LogP contribution in [0.3, 0.4) is 0 Å². The largest absolute Gasteiger partial charge is 0.416 e. The number of anilines is 1. The van der Waals surface area contributed by atoms with E-state index in [0.717, 1.165) is 25.0 Å². The number of benzene rings is 2. The first-order valence-electron chi connectivity index (χ1n) is 6.63. The Balaban J connectivity index is 1.80. The third-order valence-corrected chi connectivity index (χ3v) is 4.03. The fourth-order valence-electron chi connectivity index (χ4n) is 2.69. The summed E-state index contributed by atoms with van der Waals surface area (Å²) in [5.41, 5.74) is 2.12. The van der Waals surface area contributed by atoms with Crippen molar-refractivity contribution in [1.82, 2.24) is 0 Å². The Hall–Kier alpha value is -1.68. The first-order chi connectivity index (χ1) is 9.93. The smallest absolute Gasteiger partial charge is 0.380 e. The third kappa shape index (κ3) is 3.00. The van der Waals surface area contributed by atoms with Crippen molar-refractivity contribution in [2.75, 3.05) is 5.32 Å². The van der Waals surface area contributed by atoms with Crippen LogP contribution in [0.25, 0.3) is 0 Å². The van der Waals surface area contributed by atoms with E-state index in [0.29, 0.717) is 10.7 Å². The molecule has 0 aliphatic heterocycles. The molecule has 5 heteroatoms. The summed E-state index contributed by atoms with van der Waals surface area (Å²) in [7, 11) is 0. The Morgan fingerprint density at radius 1 is 1.00 bits per heavy atom. The van der Waals surface area contributed by atoms with Gasteiger partial charge in [-0.15, -0.1) is 0 Å². The quantitative estimate of drug-likeness (QED) is 0.828. The highest BCUT2D eigenvalue weighted by molar-refractivity contribution is 6.33. The predicted molar refractivity (Wildman–Crippen MR) is 77.7 cm³/mol. The van der Waals surface area contributed by atoms with Gasteiger partial charge in [0.15, 0.2) is 0 Å². The van der Waals surface area contributed by atoms with Crippen LogP contribution < -0.4 is 5.32 Å². The maximum atomic E-state index is 12.8. The normalized spacial score (nSPS) is 15.0. The number of fused-ring (bicyclic) bond motifs is 1. The SMILES string of the molecule is FC(F)(F)c1ccc(Cl)c(NC2Cc3ccccc3C2)c1. The van der Waals surface area contributed by atoms with Crippen molar-refractivity contribution in [3.05, 3.63) is 64.2 Å². The molecule has 1 aliphatic carbocycles. The summed E-state index contributed by atoms with van der Waals surface area (Å²) < 4.78 is 38.3. The molecule has 0 saturated heterocycles. The van der Waals surface area contributed by atoms with Gasteiger partial charge in [-0.2, -0.15) is 13.2 Å². The van der Waals surface area contributed by atoms with Crippen molar-refractivity contribution < 1.29 is 13.2 Å². The predicted octanol–water partition coefficient (Wildman–Crippen LogP) is 4.94. The van der Waals surface area contributed by atoms with Crippen molar-refractivity contribution in [2.24, 2.45) is 0 Å². The molecule has 1 nitrogen and oxygen atoms in total. The van der Waals surface area contributed by atoms with E-state index in [1.807, 2.05) is 24.3 Å². The molecular formula is C16H13ClF3N. The molecule has 0 aromatic heterocycles. The van der Waals surface area contributed by atoms with Crippen LogP contribution in [0.2, 0.25) is 5.02 Å². The van der Waals surface area contributed by atoms with Crippen molar-refractivity contribution in [3.63, 3.8) is 0 Å². The summed E-state index contributed by atoms with van der Waals surface area (Å²) in [6.07, 6.45) is -2.77. The van der Waals surface area contributed by atoms with Gasteiger partial charge in [0, 0.05) is 6.04 Å². The van der Waals surface area contributed by atoms with Crippen molar-refractivity contribution in [2.45, 2.75) is 25.1 Å². The van der Waals surface area contributed by atoms with Gasteiger partial charge in [-0.25, -0.2) is 0 Å². The second-order valence-electron chi connectivity index (χ2n) is 5.21. The molecule has 21 heavy (non-hydrogen) atoms. The molecule has 0 radical (unpaired) electrons. The maximum absolute atomic E-state index is 12.8. The fourth-order valence-corrected chi connectivity index (χ4v) is 2.87. The number of alkyl halides is 3. The molecular weight excluding hydrogens is 299 g/mol. The topological polar surface area (TPSA) is 12.0 Å². The lowest BCUT2D eigenvalue weighted by molar-refractivity contribution is -0.137. The molecule has 0 saturated carbocycles. The monoisotopic (exact) mass is 311 g/mol. The Morgan fingerprint density at radius 2 is 1.62 bits per heavy atom. The number of hydrogen-bond acceptors (Lipinski definition) is 1. The van der Waals surface area contributed by atoms with Crippen molar-refractivity contribution >= 4 is 17.3 Å². The molecule has 0 fully saturated rings. The van der Waals surface area contributed by atoms with E-state index in [1.54, 1.807) is 0 Å². The number of halogens is 4. The standard InChI is InChI=1S/C16H13ClF3N/c17-14-6-5-12(16(18,19)20)9-15(14)21-13-7-10-3-1-2-4-11(10)8-13/h1-6,9,13,21H,7-8H2. The van der Waals surface area contributed by atoms with Crippen LogP contribution in [-0.4, -0.2) is 6.04 Å². The van der Waals surface area contributed by atoms with E-state index < -0.39 is 11.7 Å². The van der Waals surface area contributed by atoms with E-state index in [4.69, 9.17) is 11.6 Å². The molecule has 0 unspecified atom stereocenters. The molecule has 0 amide bonds. The summed E-state index contributed by atoms with van der Waals surface area (Å²) in [4.78, 5) is 0. The minimum atomic E-state index is -4.36. The van der Waals surface area contributed by atoms with Gasteiger partial charge in [0.05, 0.1) is 16.3 Å². The first kappa shape index (κ1) is 14.3.